The molecule has 0 saturated heterocycles. The zero-order valence-electron chi connectivity index (χ0n) is 10.2. The number of nitrogens with one attached hydrogen (secondary N) is 1. The number of aromatic nitrogens is 5. The Kier molecular flexibility index (Phi) is 2.29. The van der Waals surface area contributed by atoms with Gasteiger partial charge in [-0.3, -0.25) is 9.48 Å². The molecule has 0 aliphatic rings. The molecule has 0 radical (unpaired) electrons. The van der Waals surface area contributed by atoms with Crippen LogP contribution in [0.2, 0.25) is 0 Å². The standard InChI is InChI=1S/C12H13N5O/c1-8(2)16-6-9(5-14-16)10-7-17-11(3-4-13-17)12(18)15-10/h3-8H,1-2H3,(H,15,18). The van der Waals surface area contributed by atoms with Crippen molar-refractivity contribution in [2.45, 2.75) is 19.9 Å². The van der Waals surface area contributed by atoms with Crippen molar-refractivity contribution >= 4 is 5.52 Å². The first-order valence-electron chi connectivity index (χ1n) is 5.76. The third kappa shape index (κ3) is 1.62. The third-order valence-electron chi connectivity index (χ3n) is 2.84. The number of aromatic amines is 1. The molecule has 3 rings (SSSR count). The lowest BCUT2D eigenvalue weighted by molar-refractivity contribution is 0.532. The highest BCUT2D eigenvalue weighted by atomic mass is 16.1. The van der Waals surface area contributed by atoms with Crippen LogP contribution in [0.4, 0.5) is 0 Å². The molecule has 6 nitrogen and oxygen atoms in total. The average molecular weight is 243 g/mol. The lowest BCUT2D eigenvalue weighted by Gasteiger charge is -2.03. The molecule has 3 aromatic rings. The molecule has 0 atom stereocenters. The SMILES string of the molecule is CC(C)n1cc(-c2cn3nccc3c(=O)[nH]2)cn1. The van der Waals surface area contributed by atoms with E-state index in [1.165, 1.54) is 0 Å². The maximum atomic E-state index is 11.8. The van der Waals surface area contributed by atoms with Crippen molar-refractivity contribution < 1.29 is 0 Å². The molecule has 1 N–H and O–H groups in total. The first-order valence-corrected chi connectivity index (χ1v) is 5.76. The molecular weight excluding hydrogens is 230 g/mol. The summed E-state index contributed by atoms with van der Waals surface area (Å²) in [5.41, 5.74) is 1.97. The van der Waals surface area contributed by atoms with E-state index < -0.39 is 0 Å². The highest BCUT2D eigenvalue weighted by Crippen LogP contribution is 2.16. The van der Waals surface area contributed by atoms with E-state index in [1.807, 2.05) is 10.9 Å². The zero-order valence-corrected chi connectivity index (χ0v) is 10.2. The lowest BCUT2D eigenvalue weighted by Crippen LogP contribution is -2.10. The molecule has 0 aliphatic carbocycles. The summed E-state index contributed by atoms with van der Waals surface area (Å²) in [5.74, 6) is 0. The van der Waals surface area contributed by atoms with Crippen molar-refractivity contribution in [1.29, 1.82) is 0 Å². The fraction of sp³-hybridized carbons (Fsp3) is 0.250. The summed E-state index contributed by atoms with van der Waals surface area (Å²) in [6.45, 7) is 4.10. The minimum absolute atomic E-state index is 0.151. The van der Waals surface area contributed by atoms with E-state index in [1.54, 1.807) is 29.2 Å². The van der Waals surface area contributed by atoms with Crippen LogP contribution in [0.25, 0.3) is 16.8 Å². The van der Waals surface area contributed by atoms with Crippen LogP contribution < -0.4 is 5.56 Å². The van der Waals surface area contributed by atoms with E-state index >= 15 is 0 Å². The number of fused-ring (bicyclic) bond motifs is 1. The Morgan fingerprint density at radius 1 is 1.28 bits per heavy atom. The van der Waals surface area contributed by atoms with Gasteiger partial charge < -0.3 is 4.98 Å². The minimum atomic E-state index is -0.151. The summed E-state index contributed by atoms with van der Waals surface area (Å²) in [6.07, 6.45) is 7.04. The first-order chi connectivity index (χ1) is 8.65. The number of rotatable bonds is 2. The number of hydrogen-bond donors (Lipinski definition) is 1. The third-order valence-corrected chi connectivity index (χ3v) is 2.84. The van der Waals surface area contributed by atoms with Crippen LogP contribution in [-0.2, 0) is 0 Å². The highest BCUT2D eigenvalue weighted by Gasteiger charge is 2.07. The monoisotopic (exact) mass is 243 g/mol. The van der Waals surface area contributed by atoms with Crippen LogP contribution in [0.3, 0.4) is 0 Å². The molecule has 0 unspecified atom stereocenters. The van der Waals surface area contributed by atoms with Crippen molar-refractivity contribution in [2.24, 2.45) is 0 Å². The second-order valence-corrected chi connectivity index (χ2v) is 4.46. The minimum Gasteiger partial charge on any atom is -0.319 e. The van der Waals surface area contributed by atoms with Gasteiger partial charge in [-0.25, -0.2) is 4.52 Å². The molecule has 0 fully saturated rings. The van der Waals surface area contributed by atoms with Crippen LogP contribution >= 0.6 is 0 Å². The Hall–Kier alpha value is -2.37. The molecule has 18 heavy (non-hydrogen) atoms. The van der Waals surface area contributed by atoms with Crippen LogP contribution in [-0.4, -0.2) is 24.4 Å². The Balaban J connectivity index is 2.15. The van der Waals surface area contributed by atoms with E-state index in [0.29, 0.717) is 17.3 Å². The Bertz CT molecular complexity index is 749. The van der Waals surface area contributed by atoms with Crippen molar-refractivity contribution in [3.63, 3.8) is 0 Å². The predicted octanol–water partition coefficient (Wildman–Crippen LogP) is 1.47. The van der Waals surface area contributed by atoms with Gasteiger partial charge in [0.2, 0.25) is 0 Å². The van der Waals surface area contributed by atoms with E-state index in [9.17, 15) is 4.79 Å². The van der Waals surface area contributed by atoms with Gasteiger partial charge in [-0.2, -0.15) is 10.2 Å². The Labute approximate surface area is 103 Å². The smallest absolute Gasteiger partial charge is 0.274 e. The van der Waals surface area contributed by atoms with Gasteiger partial charge in [0, 0.05) is 17.8 Å². The average Bonchev–Trinajstić information content (AvgIpc) is 2.97. The van der Waals surface area contributed by atoms with Gasteiger partial charge in [-0.05, 0) is 19.9 Å². The van der Waals surface area contributed by atoms with E-state index in [-0.39, 0.29) is 5.56 Å². The van der Waals surface area contributed by atoms with Gasteiger partial charge >= 0.3 is 0 Å². The van der Waals surface area contributed by atoms with Gasteiger partial charge in [-0.15, -0.1) is 0 Å². The molecule has 0 aromatic carbocycles. The van der Waals surface area contributed by atoms with E-state index in [2.05, 4.69) is 29.0 Å². The molecule has 0 saturated carbocycles. The van der Waals surface area contributed by atoms with Crippen molar-refractivity contribution in [2.75, 3.05) is 0 Å². The van der Waals surface area contributed by atoms with Gasteiger partial charge in [0.25, 0.3) is 5.56 Å². The van der Waals surface area contributed by atoms with Crippen LogP contribution in [0.15, 0.2) is 35.6 Å². The fourth-order valence-corrected chi connectivity index (χ4v) is 1.84. The lowest BCUT2D eigenvalue weighted by atomic mass is 10.2. The van der Waals surface area contributed by atoms with Crippen LogP contribution in [0.1, 0.15) is 19.9 Å². The molecule has 3 heterocycles. The maximum Gasteiger partial charge on any atom is 0.274 e. The number of H-pyrrole nitrogens is 1. The molecular formula is C12H13N5O. The highest BCUT2D eigenvalue weighted by molar-refractivity contribution is 5.58. The summed E-state index contributed by atoms with van der Waals surface area (Å²) in [4.78, 5) is 14.7. The summed E-state index contributed by atoms with van der Waals surface area (Å²) in [6, 6.07) is 1.97. The molecule has 3 aromatic heterocycles. The van der Waals surface area contributed by atoms with Gasteiger partial charge in [0.1, 0.15) is 5.52 Å². The number of nitrogens with zero attached hydrogens (tertiary/aromatic N) is 4. The van der Waals surface area contributed by atoms with E-state index in [4.69, 9.17) is 0 Å². The van der Waals surface area contributed by atoms with Gasteiger partial charge in [-0.1, -0.05) is 0 Å². The van der Waals surface area contributed by atoms with Gasteiger partial charge in [0.05, 0.1) is 24.3 Å². The van der Waals surface area contributed by atoms with Gasteiger partial charge in [0.15, 0.2) is 0 Å². The van der Waals surface area contributed by atoms with Crippen molar-refractivity contribution in [3.05, 3.63) is 41.2 Å². The molecule has 0 aliphatic heterocycles. The fourth-order valence-electron chi connectivity index (χ4n) is 1.84. The Morgan fingerprint density at radius 2 is 2.11 bits per heavy atom. The zero-order chi connectivity index (χ0) is 12.7. The molecule has 0 amide bonds. The second-order valence-electron chi connectivity index (χ2n) is 4.46. The summed E-state index contributed by atoms with van der Waals surface area (Å²) in [7, 11) is 0. The molecule has 6 heteroatoms. The summed E-state index contributed by atoms with van der Waals surface area (Å²) in [5, 5.41) is 8.33. The first kappa shape index (κ1) is 10.8. The molecule has 92 valence electrons. The van der Waals surface area contributed by atoms with Crippen molar-refractivity contribution in [3.8, 4) is 11.3 Å². The van der Waals surface area contributed by atoms with Crippen LogP contribution in [0.5, 0.6) is 0 Å². The predicted molar refractivity (Wildman–Crippen MR) is 67.4 cm³/mol. The Morgan fingerprint density at radius 3 is 2.83 bits per heavy atom. The van der Waals surface area contributed by atoms with Crippen LogP contribution in [0, 0.1) is 0 Å². The number of hydrogen-bond acceptors (Lipinski definition) is 3. The summed E-state index contributed by atoms with van der Waals surface area (Å²) < 4.78 is 3.42. The van der Waals surface area contributed by atoms with E-state index in [0.717, 1.165) is 5.56 Å². The maximum absolute atomic E-state index is 11.8. The molecule has 0 bridgehead atoms. The summed E-state index contributed by atoms with van der Waals surface area (Å²) >= 11 is 0. The largest absolute Gasteiger partial charge is 0.319 e. The molecule has 0 spiro atoms. The van der Waals surface area contributed by atoms with Crippen molar-refractivity contribution in [1.82, 2.24) is 24.4 Å². The topological polar surface area (TPSA) is 68.0 Å². The quantitative estimate of drug-likeness (QED) is 0.741. The normalized spacial score (nSPS) is 11.5. The second kappa shape index (κ2) is 3.83.